The van der Waals surface area contributed by atoms with Gasteiger partial charge in [0.05, 0.1) is 20.9 Å². The smallest absolute Gasteiger partial charge is 0.211 e. The molecule has 0 bridgehead atoms. The Morgan fingerprint density at radius 2 is 1.64 bits per heavy atom. The highest BCUT2D eigenvalue weighted by molar-refractivity contribution is 9.10. The van der Waals surface area contributed by atoms with Gasteiger partial charge in [0.2, 0.25) is 12.2 Å². The lowest BCUT2D eigenvalue weighted by atomic mass is 10.3. The molecule has 14 heavy (non-hydrogen) atoms. The molecule has 0 radical (unpaired) electrons. The molecule has 1 aromatic carbocycles. The van der Waals surface area contributed by atoms with Gasteiger partial charge in [-0.15, -0.1) is 0 Å². The van der Waals surface area contributed by atoms with Crippen LogP contribution in [0, 0.1) is 0 Å². The molecule has 0 aromatic heterocycles. The zero-order valence-corrected chi connectivity index (χ0v) is 8.96. The second-order valence-electron chi connectivity index (χ2n) is 2.14. The first-order valence-electron chi connectivity index (χ1n) is 3.34. The third-order valence-electron chi connectivity index (χ3n) is 1.37. The Labute approximate surface area is 92.4 Å². The average Bonchev–Trinajstić information content (AvgIpc) is 2.18. The van der Waals surface area contributed by atoms with Crippen LogP contribution >= 0.6 is 27.5 Å². The van der Waals surface area contributed by atoms with Gasteiger partial charge in [0.1, 0.15) is 0 Å². The molecule has 0 saturated heterocycles. The SMILES string of the molecule is O=C=Nc1ccc(N=C=O)c(Br)c1Cl. The summed E-state index contributed by atoms with van der Waals surface area (Å²) in [7, 11) is 0. The van der Waals surface area contributed by atoms with E-state index in [9.17, 15) is 9.59 Å². The number of isocyanates is 2. The summed E-state index contributed by atoms with van der Waals surface area (Å²) in [5.74, 6) is 0. The van der Waals surface area contributed by atoms with Gasteiger partial charge in [0, 0.05) is 0 Å². The van der Waals surface area contributed by atoms with E-state index in [1.54, 1.807) is 0 Å². The Balaban J connectivity index is 3.39. The molecule has 0 atom stereocenters. The van der Waals surface area contributed by atoms with Gasteiger partial charge in [-0.3, -0.25) is 0 Å². The molecule has 4 nitrogen and oxygen atoms in total. The van der Waals surface area contributed by atoms with E-state index < -0.39 is 0 Å². The summed E-state index contributed by atoms with van der Waals surface area (Å²) in [6, 6.07) is 2.94. The van der Waals surface area contributed by atoms with E-state index in [0.717, 1.165) is 0 Å². The molecule has 0 heterocycles. The van der Waals surface area contributed by atoms with Gasteiger partial charge in [-0.2, -0.15) is 9.98 Å². The van der Waals surface area contributed by atoms with Gasteiger partial charge in [-0.25, -0.2) is 9.59 Å². The molecule has 0 aliphatic carbocycles. The number of halogens is 2. The van der Waals surface area contributed by atoms with Crippen molar-refractivity contribution in [3.05, 3.63) is 21.6 Å². The van der Waals surface area contributed by atoms with Gasteiger partial charge in [-0.1, -0.05) is 11.6 Å². The van der Waals surface area contributed by atoms with Gasteiger partial charge in [-0.05, 0) is 28.1 Å². The summed E-state index contributed by atoms with van der Waals surface area (Å²) in [5.41, 5.74) is 0.591. The van der Waals surface area contributed by atoms with Crippen LogP contribution in [-0.2, 0) is 9.59 Å². The highest BCUT2D eigenvalue weighted by Gasteiger charge is 2.08. The van der Waals surface area contributed by atoms with Crippen molar-refractivity contribution >= 4 is 51.1 Å². The second kappa shape index (κ2) is 4.84. The first-order valence-corrected chi connectivity index (χ1v) is 4.51. The van der Waals surface area contributed by atoms with Gasteiger partial charge in [0.15, 0.2) is 0 Å². The van der Waals surface area contributed by atoms with Crippen LogP contribution in [-0.4, -0.2) is 12.2 Å². The largest absolute Gasteiger partial charge is 0.240 e. The Kier molecular flexibility index (Phi) is 3.74. The van der Waals surface area contributed by atoms with Crippen molar-refractivity contribution in [2.75, 3.05) is 0 Å². The lowest BCUT2D eigenvalue weighted by Crippen LogP contribution is -1.73. The number of rotatable bonds is 2. The first-order chi connectivity index (χ1) is 6.70. The van der Waals surface area contributed by atoms with Crippen molar-refractivity contribution in [3.63, 3.8) is 0 Å². The van der Waals surface area contributed by atoms with Crippen LogP contribution in [0.15, 0.2) is 26.6 Å². The van der Waals surface area contributed by atoms with Crippen LogP contribution < -0.4 is 0 Å². The van der Waals surface area contributed by atoms with E-state index in [1.165, 1.54) is 24.3 Å². The highest BCUT2D eigenvalue weighted by Crippen LogP contribution is 2.38. The Morgan fingerprint density at radius 1 is 1.14 bits per heavy atom. The Morgan fingerprint density at radius 3 is 2.21 bits per heavy atom. The molecule has 0 aliphatic heterocycles. The van der Waals surface area contributed by atoms with Crippen LogP contribution in [0.2, 0.25) is 5.02 Å². The third-order valence-corrected chi connectivity index (χ3v) is 2.79. The van der Waals surface area contributed by atoms with Gasteiger partial charge < -0.3 is 0 Å². The van der Waals surface area contributed by atoms with E-state index in [4.69, 9.17) is 11.6 Å². The Bertz CT molecular complexity index is 420. The first kappa shape index (κ1) is 10.8. The van der Waals surface area contributed by atoms with Gasteiger partial charge in [0.25, 0.3) is 0 Å². The fraction of sp³-hybridized carbons (Fsp3) is 0. The second-order valence-corrected chi connectivity index (χ2v) is 3.31. The fourth-order valence-corrected chi connectivity index (χ4v) is 1.43. The number of aliphatic imine (C=N–C) groups is 2. The van der Waals surface area contributed by atoms with Crippen molar-refractivity contribution in [2.45, 2.75) is 0 Å². The minimum atomic E-state index is 0.199. The number of hydrogen-bond donors (Lipinski definition) is 0. The van der Waals surface area contributed by atoms with E-state index >= 15 is 0 Å². The van der Waals surface area contributed by atoms with Crippen LogP contribution in [0.1, 0.15) is 0 Å². The number of benzene rings is 1. The third kappa shape index (κ3) is 2.16. The summed E-state index contributed by atoms with van der Waals surface area (Å²) in [5, 5.41) is 0.199. The average molecular weight is 273 g/mol. The normalized spacial score (nSPS) is 8.71. The van der Waals surface area contributed by atoms with Crippen molar-refractivity contribution in [1.29, 1.82) is 0 Å². The monoisotopic (exact) mass is 272 g/mol. The van der Waals surface area contributed by atoms with Crippen molar-refractivity contribution in [1.82, 2.24) is 0 Å². The highest BCUT2D eigenvalue weighted by atomic mass is 79.9. The summed E-state index contributed by atoms with van der Waals surface area (Å²) >= 11 is 8.91. The maximum absolute atomic E-state index is 10.0. The molecule has 1 rings (SSSR count). The van der Waals surface area contributed by atoms with E-state index in [0.29, 0.717) is 10.2 Å². The van der Waals surface area contributed by atoms with Crippen molar-refractivity contribution in [2.24, 2.45) is 9.98 Å². The molecule has 0 fully saturated rings. The minimum Gasteiger partial charge on any atom is -0.211 e. The maximum atomic E-state index is 10.0. The molecule has 0 N–H and O–H groups in total. The zero-order chi connectivity index (χ0) is 10.6. The topological polar surface area (TPSA) is 58.9 Å². The molecule has 1 aromatic rings. The van der Waals surface area contributed by atoms with Gasteiger partial charge >= 0.3 is 0 Å². The molecule has 70 valence electrons. The molecule has 0 amide bonds. The van der Waals surface area contributed by atoms with E-state index in [1.807, 2.05) is 0 Å². The lowest BCUT2D eigenvalue weighted by molar-refractivity contribution is 0.564. The zero-order valence-electron chi connectivity index (χ0n) is 6.62. The summed E-state index contributed by atoms with van der Waals surface area (Å²) in [6.45, 7) is 0. The standard InChI is InChI=1S/C8H2BrClN2O2/c9-7-5(11-3-13)1-2-6(8(7)10)12-4-14/h1-2H. The number of nitrogens with zero attached hydrogens (tertiary/aromatic N) is 2. The van der Waals surface area contributed by atoms with Crippen molar-refractivity contribution < 1.29 is 9.59 Å². The number of hydrogen-bond acceptors (Lipinski definition) is 4. The summed E-state index contributed by atoms with van der Waals surface area (Å²) in [4.78, 5) is 26.8. The molecule has 6 heteroatoms. The molecule has 0 spiro atoms. The molecular formula is C8H2BrClN2O2. The summed E-state index contributed by atoms with van der Waals surface area (Å²) < 4.78 is 0.388. The minimum absolute atomic E-state index is 0.199. The quantitative estimate of drug-likeness (QED) is 0.614. The van der Waals surface area contributed by atoms with Crippen LogP contribution in [0.3, 0.4) is 0 Å². The molecule has 0 saturated carbocycles. The lowest BCUT2D eigenvalue weighted by Gasteiger charge is -2.00. The molecular weight excluding hydrogens is 271 g/mol. The predicted octanol–water partition coefficient (Wildman–Crippen LogP) is 3.04. The number of carbonyl (C=O) groups excluding carboxylic acids is 2. The molecule has 0 aliphatic rings. The maximum Gasteiger partial charge on any atom is 0.240 e. The Hall–Kier alpha value is -1.25. The van der Waals surface area contributed by atoms with E-state index in [2.05, 4.69) is 25.9 Å². The van der Waals surface area contributed by atoms with Crippen molar-refractivity contribution in [3.8, 4) is 0 Å². The van der Waals surface area contributed by atoms with E-state index in [-0.39, 0.29) is 10.7 Å². The predicted molar refractivity (Wildman–Crippen MR) is 54.7 cm³/mol. The van der Waals surface area contributed by atoms with Crippen LogP contribution in [0.25, 0.3) is 0 Å². The van der Waals surface area contributed by atoms with Crippen LogP contribution in [0.4, 0.5) is 11.4 Å². The molecule has 0 unspecified atom stereocenters. The fourth-order valence-electron chi connectivity index (χ4n) is 0.800. The summed E-state index contributed by atoms with van der Waals surface area (Å²) in [6.07, 6.45) is 2.75. The van der Waals surface area contributed by atoms with Crippen LogP contribution in [0.5, 0.6) is 0 Å².